The van der Waals surface area contributed by atoms with E-state index < -0.39 is 6.10 Å². The molecule has 0 aliphatic carbocycles. The molecule has 2 aromatic rings. The van der Waals surface area contributed by atoms with Crippen LogP contribution < -0.4 is 19.5 Å². The summed E-state index contributed by atoms with van der Waals surface area (Å²) in [6.07, 6.45) is -0.433. The molecule has 2 N–H and O–H groups in total. The molecule has 0 saturated heterocycles. The number of methoxy groups -OCH3 is 1. The van der Waals surface area contributed by atoms with Gasteiger partial charge in [0.15, 0.2) is 11.5 Å². The van der Waals surface area contributed by atoms with Crippen molar-refractivity contribution in [2.24, 2.45) is 0 Å². The molecule has 1 atom stereocenters. The Balaban J connectivity index is 1.62. The summed E-state index contributed by atoms with van der Waals surface area (Å²) in [6.45, 7) is 4.32. The zero-order chi connectivity index (χ0) is 16.9. The van der Waals surface area contributed by atoms with E-state index >= 15 is 0 Å². The van der Waals surface area contributed by atoms with Crippen LogP contribution in [0.4, 0.5) is 0 Å². The molecule has 0 bridgehead atoms. The van der Waals surface area contributed by atoms with Crippen molar-refractivity contribution in [3.63, 3.8) is 0 Å². The lowest BCUT2D eigenvalue weighted by atomic mass is 10.1. The van der Waals surface area contributed by atoms with Crippen LogP contribution in [0.2, 0.25) is 0 Å². The van der Waals surface area contributed by atoms with Crippen molar-refractivity contribution in [3.8, 4) is 17.2 Å². The second-order valence-corrected chi connectivity index (χ2v) is 5.84. The summed E-state index contributed by atoms with van der Waals surface area (Å²) in [5.74, 6) is 2.12. The maximum absolute atomic E-state index is 9.54. The number of benzene rings is 2. The first kappa shape index (κ1) is 16.6. The minimum absolute atomic E-state index is 0.433. The van der Waals surface area contributed by atoms with Crippen LogP contribution >= 0.6 is 0 Å². The molecule has 0 radical (unpaired) electrons. The Kier molecular flexibility index (Phi) is 5.23. The normalized spacial score (nSPS) is 14.3. The molecule has 0 fully saturated rings. The predicted molar refractivity (Wildman–Crippen MR) is 91.6 cm³/mol. The van der Waals surface area contributed by atoms with Gasteiger partial charge in [-0.2, -0.15) is 0 Å². The van der Waals surface area contributed by atoms with E-state index in [0.29, 0.717) is 31.3 Å². The summed E-state index contributed by atoms with van der Waals surface area (Å²) in [6, 6.07) is 11.9. The Labute approximate surface area is 142 Å². The number of hydrogen-bond donors (Lipinski definition) is 2. The highest BCUT2D eigenvalue weighted by Gasteiger charge is 2.18. The Morgan fingerprint density at radius 1 is 1.08 bits per heavy atom. The molecule has 0 amide bonds. The minimum Gasteiger partial charge on any atom is -0.493 e. The van der Waals surface area contributed by atoms with Crippen LogP contribution in [0, 0.1) is 0 Å². The van der Waals surface area contributed by atoms with Crippen LogP contribution in [0.25, 0.3) is 0 Å². The standard InChI is InChI=1S/C19H23NO4/c1-13(21)16-5-3-14(4-6-16)11-20-12-15-9-17(22-2)19-18(10-15)23-7-8-24-19/h3-6,9-10,13,20-21H,7-8,11-12H2,1-2H3. The van der Waals surface area contributed by atoms with E-state index in [0.717, 1.165) is 23.4 Å². The highest BCUT2D eigenvalue weighted by molar-refractivity contribution is 5.54. The van der Waals surface area contributed by atoms with E-state index in [9.17, 15) is 5.11 Å². The average Bonchev–Trinajstić information content (AvgIpc) is 2.61. The number of nitrogens with one attached hydrogen (secondary N) is 1. The van der Waals surface area contributed by atoms with Crippen LogP contribution in [-0.4, -0.2) is 25.4 Å². The predicted octanol–water partition coefficient (Wildman–Crippen LogP) is 2.81. The zero-order valence-electron chi connectivity index (χ0n) is 14.0. The molecule has 1 heterocycles. The molecule has 5 heteroatoms. The second kappa shape index (κ2) is 7.55. The maximum atomic E-state index is 9.54. The van der Waals surface area contributed by atoms with Gasteiger partial charge in [0.05, 0.1) is 13.2 Å². The van der Waals surface area contributed by atoms with E-state index in [1.807, 2.05) is 36.4 Å². The molecular weight excluding hydrogens is 306 g/mol. The van der Waals surface area contributed by atoms with Crippen molar-refractivity contribution in [2.75, 3.05) is 20.3 Å². The molecule has 5 nitrogen and oxygen atoms in total. The van der Waals surface area contributed by atoms with E-state index in [2.05, 4.69) is 5.32 Å². The highest BCUT2D eigenvalue weighted by Crippen LogP contribution is 2.40. The van der Waals surface area contributed by atoms with Crippen LogP contribution in [0.3, 0.4) is 0 Å². The number of aliphatic hydroxyl groups excluding tert-OH is 1. The highest BCUT2D eigenvalue weighted by atomic mass is 16.6. The lowest BCUT2D eigenvalue weighted by molar-refractivity contribution is 0.165. The number of aliphatic hydroxyl groups is 1. The van der Waals surface area contributed by atoms with Crippen LogP contribution in [0.15, 0.2) is 36.4 Å². The van der Waals surface area contributed by atoms with E-state index in [-0.39, 0.29) is 0 Å². The monoisotopic (exact) mass is 329 g/mol. The number of rotatable bonds is 6. The summed E-state index contributed by atoms with van der Waals surface area (Å²) in [5.41, 5.74) is 3.18. The van der Waals surface area contributed by atoms with Crippen molar-refractivity contribution in [2.45, 2.75) is 26.1 Å². The lowest BCUT2D eigenvalue weighted by Gasteiger charge is -2.21. The third-order valence-electron chi connectivity index (χ3n) is 4.01. The number of fused-ring (bicyclic) bond motifs is 1. The van der Waals surface area contributed by atoms with Gasteiger partial charge in [-0.05, 0) is 35.7 Å². The second-order valence-electron chi connectivity index (χ2n) is 5.84. The van der Waals surface area contributed by atoms with E-state index in [1.165, 1.54) is 5.56 Å². The van der Waals surface area contributed by atoms with E-state index in [1.54, 1.807) is 14.0 Å². The topological polar surface area (TPSA) is 60.0 Å². The third kappa shape index (κ3) is 3.80. The Hall–Kier alpha value is -2.24. The number of hydrogen-bond acceptors (Lipinski definition) is 5. The minimum atomic E-state index is -0.433. The zero-order valence-corrected chi connectivity index (χ0v) is 14.0. The fourth-order valence-electron chi connectivity index (χ4n) is 2.69. The van der Waals surface area contributed by atoms with Gasteiger partial charge in [-0.15, -0.1) is 0 Å². The quantitative estimate of drug-likeness (QED) is 0.853. The van der Waals surface area contributed by atoms with Crippen LogP contribution in [0.5, 0.6) is 17.2 Å². The molecule has 24 heavy (non-hydrogen) atoms. The lowest BCUT2D eigenvalue weighted by Crippen LogP contribution is -2.17. The van der Waals surface area contributed by atoms with Crippen molar-refractivity contribution in [1.29, 1.82) is 0 Å². The third-order valence-corrected chi connectivity index (χ3v) is 4.01. The average molecular weight is 329 g/mol. The molecule has 1 unspecified atom stereocenters. The Bertz CT molecular complexity index is 665. The smallest absolute Gasteiger partial charge is 0.203 e. The fourth-order valence-corrected chi connectivity index (χ4v) is 2.69. The maximum Gasteiger partial charge on any atom is 0.203 e. The molecule has 128 valence electrons. The van der Waals surface area contributed by atoms with Crippen LogP contribution in [-0.2, 0) is 13.1 Å². The van der Waals surface area contributed by atoms with Crippen molar-refractivity contribution < 1.29 is 19.3 Å². The molecule has 0 spiro atoms. The summed E-state index contributed by atoms with van der Waals surface area (Å²) >= 11 is 0. The first-order valence-corrected chi connectivity index (χ1v) is 8.11. The summed E-state index contributed by atoms with van der Waals surface area (Å²) in [4.78, 5) is 0. The van der Waals surface area contributed by atoms with Gasteiger partial charge in [-0.1, -0.05) is 24.3 Å². The Morgan fingerprint density at radius 3 is 2.50 bits per heavy atom. The Morgan fingerprint density at radius 2 is 1.79 bits per heavy atom. The van der Waals surface area contributed by atoms with Gasteiger partial charge >= 0.3 is 0 Å². The van der Waals surface area contributed by atoms with Crippen LogP contribution in [0.1, 0.15) is 29.7 Å². The van der Waals surface area contributed by atoms with E-state index in [4.69, 9.17) is 14.2 Å². The van der Waals surface area contributed by atoms with Crippen molar-refractivity contribution in [1.82, 2.24) is 5.32 Å². The van der Waals surface area contributed by atoms with Crippen molar-refractivity contribution in [3.05, 3.63) is 53.1 Å². The fraction of sp³-hybridized carbons (Fsp3) is 0.368. The molecular formula is C19H23NO4. The summed E-state index contributed by atoms with van der Waals surface area (Å²) in [5, 5.41) is 12.9. The van der Waals surface area contributed by atoms with Gasteiger partial charge in [0.1, 0.15) is 13.2 Å². The van der Waals surface area contributed by atoms with Gasteiger partial charge in [-0.3, -0.25) is 0 Å². The SMILES string of the molecule is COc1cc(CNCc2ccc(C(C)O)cc2)cc2c1OCCO2. The number of ether oxygens (including phenoxy) is 3. The molecule has 1 aliphatic rings. The molecule has 3 rings (SSSR count). The summed E-state index contributed by atoms with van der Waals surface area (Å²) < 4.78 is 16.7. The molecule has 2 aromatic carbocycles. The van der Waals surface area contributed by atoms with Crippen molar-refractivity contribution >= 4 is 0 Å². The van der Waals surface area contributed by atoms with Gasteiger partial charge < -0.3 is 24.6 Å². The van der Waals surface area contributed by atoms with Gasteiger partial charge in [-0.25, -0.2) is 0 Å². The molecule has 1 aliphatic heterocycles. The van der Waals surface area contributed by atoms with Gasteiger partial charge in [0.2, 0.25) is 5.75 Å². The largest absolute Gasteiger partial charge is 0.493 e. The first-order chi connectivity index (χ1) is 11.7. The first-order valence-electron chi connectivity index (χ1n) is 8.11. The van der Waals surface area contributed by atoms with Gasteiger partial charge in [0.25, 0.3) is 0 Å². The molecule has 0 saturated carbocycles. The molecule has 0 aromatic heterocycles. The van der Waals surface area contributed by atoms with Gasteiger partial charge in [0, 0.05) is 13.1 Å². The summed E-state index contributed by atoms with van der Waals surface area (Å²) in [7, 11) is 1.63.